The molecule has 130 valence electrons. The summed E-state index contributed by atoms with van der Waals surface area (Å²) in [5, 5.41) is 5.20. The van der Waals surface area contributed by atoms with Gasteiger partial charge in [-0.05, 0) is 36.2 Å². The molecule has 0 atom stereocenters. The molecule has 0 aliphatic rings. The molecule has 0 N–H and O–H groups in total. The van der Waals surface area contributed by atoms with E-state index in [1.54, 1.807) is 18.0 Å². The normalized spacial score (nSPS) is 11.0. The Morgan fingerprint density at radius 1 is 0.962 bits per heavy atom. The minimum absolute atomic E-state index is 0.488. The summed E-state index contributed by atoms with van der Waals surface area (Å²) in [6.07, 6.45) is 4.09. The Morgan fingerprint density at radius 3 is 2.54 bits per heavy atom. The van der Waals surface area contributed by atoms with Crippen LogP contribution in [0.15, 0.2) is 67.1 Å². The number of nitrogens with zero attached hydrogens (tertiary/aromatic N) is 4. The molecule has 0 fully saturated rings. The summed E-state index contributed by atoms with van der Waals surface area (Å²) in [7, 11) is 1.70. The van der Waals surface area contributed by atoms with Crippen LogP contribution < -0.4 is 4.74 Å². The van der Waals surface area contributed by atoms with Crippen LogP contribution in [0.3, 0.4) is 0 Å². The summed E-state index contributed by atoms with van der Waals surface area (Å²) >= 11 is 0. The molecule has 0 bridgehead atoms. The lowest BCUT2D eigenvalue weighted by Crippen LogP contribution is -1.98. The monoisotopic (exact) mass is 346 g/mol. The zero-order valence-electron chi connectivity index (χ0n) is 14.4. The zero-order valence-corrected chi connectivity index (χ0v) is 14.4. The molecule has 2 aromatic heterocycles. The fourth-order valence-electron chi connectivity index (χ4n) is 2.72. The van der Waals surface area contributed by atoms with Crippen molar-refractivity contribution in [2.45, 2.75) is 6.42 Å². The molecule has 6 heteroatoms. The standard InChI is InChI=1S/C20H18N4O2/c1-25-12-11-15-7-9-17(10-8-15)26-20-18-13-23-24(19(18)21-14-22-20)16-5-3-2-4-6-16/h2-10,13-14H,11-12H2,1H3. The maximum atomic E-state index is 5.96. The lowest BCUT2D eigenvalue weighted by atomic mass is 10.1. The van der Waals surface area contributed by atoms with Crippen LogP contribution in [-0.2, 0) is 11.2 Å². The molecule has 0 saturated heterocycles. The molecule has 6 nitrogen and oxygen atoms in total. The summed E-state index contributed by atoms with van der Waals surface area (Å²) in [6, 6.07) is 17.8. The largest absolute Gasteiger partial charge is 0.438 e. The Bertz CT molecular complexity index is 997. The van der Waals surface area contributed by atoms with Gasteiger partial charge in [0.25, 0.3) is 0 Å². The number of rotatable bonds is 6. The molecule has 0 spiro atoms. The van der Waals surface area contributed by atoms with Gasteiger partial charge in [0, 0.05) is 7.11 Å². The first-order chi connectivity index (χ1) is 12.8. The number of hydrogen-bond acceptors (Lipinski definition) is 5. The molecular formula is C20H18N4O2. The first-order valence-corrected chi connectivity index (χ1v) is 8.35. The third-order valence-electron chi connectivity index (χ3n) is 4.06. The number of benzene rings is 2. The van der Waals surface area contributed by atoms with Gasteiger partial charge in [-0.25, -0.2) is 14.6 Å². The first-order valence-electron chi connectivity index (χ1n) is 8.35. The lowest BCUT2D eigenvalue weighted by Gasteiger charge is -2.07. The van der Waals surface area contributed by atoms with E-state index >= 15 is 0 Å². The molecule has 0 amide bonds. The van der Waals surface area contributed by atoms with E-state index in [2.05, 4.69) is 15.1 Å². The van der Waals surface area contributed by atoms with Crippen LogP contribution in [0.1, 0.15) is 5.56 Å². The van der Waals surface area contributed by atoms with Gasteiger partial charge in [0.2, 0.25) is 5.88 Å². The van der Waals surface area contributed by atoms with Crippen molar-refractivity contribution in [3.05, 3.63) is 72.7 Å². The molecule has 0 saturated carbocycles. The number of methoxy groups -OCH3 is 1. The fourth-order valence-corrected chi connectivity index (χ4v) is 2.72. The van der Waals surface area contributed by atoms with Crippen molar-refractivity contribution in [2.75, 3.05) is 13.7 Å². The van der Waals surface area contributed by atoms with E-state index in [4.69, 9.17) is 9.47 Å². The fraction of sp³-hybridized carbons (Fsp3) is 0.150. The smallest absolute Gasteiger partial charge is 0.233 e. The van der Waals surface area contributed by atoms with Crippen LogP contribution in [0.25, 0.3) is 16.7 Å². The van der Waals surface area contributed by atoms with E-state index in [0.717, 1.165) is 23.2 Å². The third kappa shape index (κ3) is 3.27. The second-order valence-electron chi connectivity index (χ2n) is 5.80. The number of para-hydroxylation sites is 1. The van der Waals surface area contributed by atoms with Gasteiger partial charge in [0.15, 0.2) is 5.65 Å². The molecule has 0 aliphatic heterocycles. The second kappa shape index (κ2) is 7.33. The minimum Gasteiger partial charge on any atom is -0.438 e. The second-order valence-corrected chi connectivity index (χ2v) is 5.80. The van der Waals surface area contributed by atoms with Crippen molar-refractivity contribution in [1.29, 1.82) is 0 Å². The molecule has 0 radical (unpaired) electrons. The topological polar surface area (TPSA) is 62.1 Å². The van der Waals surface area contributed by atoms with Crippen molar-refractivity contribution in [2.24, 2.45) is 0 Å². The minimum atomic E-state index is 0.488. The molecule has 2 heterocycles. The van der Waals surface area contributed by atoms with Crippen LogP contribution in [0, 0.1) is 0 Å². The number of ether oxygens (including phenoxy) is 2. The molecule has 4 aromatic rings. The van der Waals surface area contributed by atoms with Crippen molar-refractivity contribution in [3.63, 3.8) is 0 Å². The molecule has 0 aliphatic carbocycles. The summed E-state index contributed by atoms with van der Waals surface area (Å²) in [5.41, 5.74) is 2.84. The van der Waals surface area contributed by atoms with Gasteiger partial charge in [0.1, 0.15) is 17.5 Å². The van der Waals surface area contributed by atoms with E-state index < -0.39 is 0 Å². The predicted molar refractivity (Wildman–Crippen MR) is 98.8 cm³/mol. The van der Waals surface area contributed by atoms with Crippen LogP contribution in [0.5, 0.6) is 11.6 Å². The van der Waals surface area contributed by atoms with E-state index in [9.17, 15) is 0 Å². The van der Waals surface area contributed by atoms with E-state index in [0.29, 0.717) is 18.1 Å². The maximum absolute atomic E-state index is 5.96. The van der Waals surface area contributed by atoms with Gasteiger partial charge in [0.05, 0.1) is 18.5 Å². The zero-order chi connectivity index (χ0) is 17.8. The number of hydrogen-bond donors (Lipinski definition) is 0. The summed E-state index contributed by atoms with van der Waals surface area (Å²) < 4.78 is 12.8. The van der Waals surface area contributed by atoms with Crippen molar-refractivity contribution >= 4 is 11.0 Å². The molecular weight excluding hydrogens is 328 g/mol. The highest BCUT2D eigenvalue weighted by molar-refractivity contribution is 5.81. The van der Waals surface area contributed by atoms with Gasteiger partial charge in [-0.1, -0.05) is 30.3 Å². The Morgan fingerprint density at radius 2 is 1.77 bits per heavy atom. The quantitative estimate of drug-likeness (QED) is 0.531. The molecule has 26 heavy (non-hydrogen) atoms. The molecule has 0 unspecified atom stereocenters. The number of aromatic nitrogens is 4. The lowest BCUT2D eigenvalue weighted by molar-refractivity contribution is 0.202. The average molecular weight is 346 g/mol. The molecule has 4 rings (SSSR count). The summed E-state index contributed by atoms with van der Waals surface area (Å²) in [5.74, 6) is 1.21. The molecule has 2 aromatic carbocycles. The van der Waals surface area contributed by atoms with Crippen molar-refractivity contribution < 1.29 is 9.47 Å². The highest BCUT2D eigenvalue weighted by Gasteiger charge is 2.12. The average Bonchev–Trinajstić information content (AvgIpc) is 3.13. The maximum Gasteiger partial charge on any atom is 0.233 e. The van der Waals surface area contributed by atoms with Gasteiger partial charge in [-0.15, -0.1) is 0 Å². The third-order valence-corrected chi connectivity index (χ3v) is 4.06. The summed E-state index contributed by atoms with van der Waals surface area (Å²) in [4.78, 5) is 8.64. The summed E-state index contributed by atoms with van der Waals surface area (Å²) in [6.45, 7) is 0.700. The Labute approximate surface area is 151 Å². The van der Waals surface area contributed by atoms with E-state index in [1.165, 1.54) is 11.9 Å². The predicted octanol–water partition coefficient (Wildman–Crippen LogP) is 3.80. The van der Waals surface area contributed by atoms with Crippen molar-refractivity contribution in [3.8, 4) is 17.3 Å². The Balaban J connectivity index is 1.62. The van der Waals surface area contributed by atoms with Crippen LogP contribution in [-0.4, -0.2) is 33.5 Å². The first kappa shape index (κ1) is 16.2. The van der Waals surface area contributed by atoms with Gasteiger partial charge < -0.3 is 9.47 Å². The highest BCUT2D eigenvalue weighted by atomic mass is 16.5. The van der Waals surface area contributed by atoms with Gasteiger partial charge in [-0.2, -0.15) is 5.10 Å². The van der Waals surface area contributed by atoms with Crippen molar-refractivity contribution in [1.82, 2.24) is 19.7 Å². The van der Waals surface area contributed by atoms with Gasteiger partial charge in [-0.3, -0.25) is 0 Å². The van der Waals surface area contributed by atoms with E-state index in [-0.39, 0.29) is 0 Å². The Kier molecular flexibility index (Phi) is 4.57. The highest BCUT2D eigenvalue weighted by Crippen LogP contribution is 2.27. The van der Waals surface area contributed by atoms with Gasteiger partial charge >= 0.3 is 0 Å². The number of fused-ring (bicyclic) bond motifs is 1. The van der Waals surface area contributed by atoms with Crippen LogP contribution in [0.4, 0.5) is 0 Å². The van der Waals surface area contributed by atoms with E-state index in [1.807, 2.05) is 54.6 Å². The van der Waals surface area contributed by atoms with Crippen LogP contribution in [0.2, 0.25) is 0 Å². The SMILES string of the molecule is COCCc1ccc(Oc2ncnc3c2cnn3-c2ccccc2)cc1. The van der Waals surface area contributed by atoms with Crippen LogP contribution >= 0.6 is 0 Å². The Hall–Kier alpha value is -3.25.